The molecule has 1 fully saturated rings. The zero-order valence-electron chi connectivity index (χ0n) is 15.9. The predicted molar refractivity (Wildman–Crippen MR) is 108 cm³/mol. The zero-order chi connectivity index (χ0) is 20.6. The maximum Gasteiger partial charge on any atom is 0.254 e. The van der Waals surface area contributed by atoms with Crippen LogP contribution in [-0.2, 0) is 16.0 Å². The molecule has 0 spiro atoms. The lowest BCUT2D eigenvalue weighted by Gasteiger charge is -2.27. The molecule has 0 saturated heterocycles. The van der Waals surface area contributed by atoms with Crippen molar-refractivity contribution >= 4 is 29.1 Å². The van der Waals surface area contributed by atoms with E-state index in [-0.39, 0.29) is 35.6 Å². The molecule has 8 heteroatoms. The van der Waals surface area contributed by atoms with Gasteiger partial charge in [-0.15, -0.1) is 0 Å². The number of thiophene rings is 1. The number of nitrogens with one attached hydrogen (secondary N) is 3. The van der Waals surface area contributed by atoms with E-state index in [4.69, 9.17) is 0 Å². The molecule has 0 radical (unpaired) electrons. The molecule has 1 aromatic carbocycles. The van der Waals surface area contributed by atoms with Crippen LogP contribution in [0, 0.1) is 17.7 Å². The van der Waals surface area contributed by atoms with Crippen molar-refractivity contribution in [1.82, 2.24) is 16.2 Å². The Labute approximate surface area is 172 Å². The molecular formula is C21H24FN3O3S. The normalized spacial score (nSPS) is 18.7. The van der Waals surface area contributed by atoms with E-state index in [9.17, 15) is 18.8 Å². The molecule has 1 aromatic heterocycles. The van der Waals surface area contributed by atoms with Gasteiger partial charge in [-0.25, -0.2) is 4.39 Å². The van der Waals surface area contributed by atoms with E-state index in [1.807, 2.05) is 16.8 Å². The molecule has 0 unspecified atom stereocenters. The fraction of sp³-hybridized carbons (Fsp3) is 0.381. The Kier molecular flexibility index (Phi) is 7.35. The van der Waals surface area contributed by atoms with Crippen LogP contribution in [0.15, 0.2) is 41.1 Å². The van der Waals surface area contributed by atoms with Crippen LogP contribution < -0.4 is 16.2 Å². The van der Waals surface area contributed by atoms with Crippen molar-refractivity contribution in [3.05, 3.63) is 58.0 Å². The molecule has 3 N–H and O–H groups in total. The summed E-state index contributed by atoms with van der Waals surface area (Å²) < 4.78 is 13.6. The van der Waals surface area contributed by atoms with Gasteiger partial charge in [-0.3, -0.25) is 25.2 Å². The second-order valence-corrected chi connectivity index (χ2v) is 8.03. The van der Waals surface area contributed by atoms with Gasteiger partial charge in [0.25, 0.3) is 5.91 Å². The Bertz CT molecular complexity index is 849. The van der Waals surface area contributed by atoms with E-state index in [0.29, 0.717) is 19.4 Å². The van der Waals surface area contributed by atoms with Gasteiger partial charge >= 0.3 is 0 Å². The maximum absolute atomic E-state index is 13.6. The third-order valence-electron chi connectivity index (χ3n) is 5.16. The molecule has 29 heavy (non-hydrogen) atoms. The Balaban J connectivity index is 1.35. The van der Waals surface area contributed by atoms with Crippen LogP contribution in [0.2, 0.25) is 0 Å². The van der Waals surface area contributed by atoms with Gasteiger partial charge in [0.1, 0.15) is 5.82 Å². The quantitative estimate of drug-likeness (QED) is 0.632. The number of benzene rings is 1. The molecule has 1 heterocycles. The molecule has 0 atom stereocenters. The lowest BCUT2D eigenvalue weighted by Crippen LogP contribution is -2.46. The number of hydrazine groups is 1. The number of carbonyl (C=O) groups excluding carboxylic acids is 3. The van der Waals surface area contributed by atoms with Gasteiger partial charge in [0.05, 0.1) is 12.0 Å². The van der Waals surface area contributed by atoms with Crippen molar-refractivity contribution in [2.24, 2.45) is 11.8 Å². The predicted octanol–water partition coefficient (Wildman–Crippen LogP) is 2.81. The Morgan fingerprint density at radius 1 is 1.03 bits per heavy atom. The van der Waals surface area contributed by atoms with Crippen LogP contribution in [0.25, 0.3) is 0 Å². The summed E-state index contributed by atoms with van der Waals surface area (Å²) in [5, 5.41) is 6.58. The van der Waals surface area contributed by atoms with Crippen LogP contribution in [0.3, 0.4) is 0 Å². The molecule has 6 nitrogen and oxygen atoms in total. The van der Waals surface area contributed by atoms with Gasteiger partial charge in [-0.1, -0.05) is 12.1 Å². The number of rotatable bonds is 6. The average Bonchev–Trinajstić information content (AvgIpc) is 3.24. The zero-order valence-corrected chi connectivity index (χ0v) is 16.8. The summed E-state index contributed by atoms with van der Waals surface area (Å²) in [6.45, 7) is 0.457. The van der Waals surface area contributed by atoms with Crippen molar-refractivity contribution < 1.29 is 18.8 Å². The Morgan fingerprint density at radius 3 is 2.48 bits per heavy atom. The molecule has 2 aromatic rings. The third kappa shape index (κ3) is 6.12. The van der Waals surface area contributed by atoms with Gasteiger partial charge in [-0.2, -0.15) is 11.3 Å². The average molecular weight is 418 g/mol. The van der Waals surface area contributed by atoms with Crippen LogP contribution in [0.5, 0.6) is 0 Å². The van der Waals surface area contributed by atoms with Gasteiger partial charge in [-0.05, 0) is 66.1 Å². The van der Waals surface area contributed by atoms with E-state index in [2.05, 4.69) is 16.2 Å². The monoisotopic (exact) mass is 417 g/mol. The summed E-state index contributed by atoms with van der Waals surface area (Å²) in [5.74, 6) is -1.29. The van der Waals surface area contributed by atoms with E-state index in [1.54, 1.807) is 12.1 Å². The van der Waals surface area contributed by atoms with Crippen LogP contribution in [0.4, 0.5) is 4.39 Å². The van der Waals surface area contributed by atoms with E-state index >= 15 is 0 Å². The molecule has 0 bridgehead atoms. The maximum atomic E-state index is 13.6. The highest BCUT2D eigenvalue weighted by Gasteiger charge is 2.27. The minimum atomic E-state index is -0.536. The molecule has 3 amide bonds. The molecule has 3 rings (SSSR count). The van der Waals surface area contributed by atoms with Gasteiger partial charge in [0, 0.05) is 12.5 Å². The van der Waals surface area contributed by atoms with E-state index in [1.165, 1.54) is 23.5 Å². The topological polar surface area (TPSA) is 87.3 Å². The first-order chi connectivity index (χ1) is 14.0. The minimum Gasteiger partial charge on any atom is -0.352 e. The van der Waals surface area contributed by atoms with E-state index < -0.39 is 11.7 Å². The summed E-state index contributed by atoms with van der Waals surface area (Å²) in [4.78, 5) is 36.2. The molecule has 1 aliphatic carbocycles. The van der Waals surface area contributed by atoms with Crippen LogP contribution in [0.1, 0.15) is 41.6 Å². The molecule has 0 aliphatic heterocycles. The van der Waals surface area contributed by atoms with Gasteiger partial charge in [0.15, 0.2) is 0 Å². The summed E-state index contributed by atoms with van der Waals surface area (Å²) in [5.41, 5.74) is 5.93. The summed E-state index contributed by atoms with van der Waals surface area (Å²) >= 11 is 1.52. The Morgan fingerprint density at radius 2 is 1.79 bits per heavy atom. The van der Waals surface area contributed by atoms with Crippen molar-refractivity contribution in [2.75, 3.05) is 6.54 Å². The number of hydrogen-bond acceptors (Lipinski definition) is 4. The summed E-state index contributed by atoms with van der Waals surface area (Å²) in [6, 6.07) is 7.76. The first-order valence-corrected chi connectivity index (χ1v) is 10.6. The highest BCUT2D eigenvalue weighted by atomic mass is 32.1. The van der Waals surface area contributed by atoms with Gasteiger partial charge < -0.3 is 5.32 Å². The standard InChI is InChI=1S/C21H24FN3O3S/c22-18-4-2-1-3-17(18)21(28)23-12-14-5-7-16(8-6-14)20(27)25-24-19(26)11-15-9-10-29-13-15/h1-4,9-10,13-14,16H,5-8,11-12H2,(H,23,28)(H,24,26)(H,25,27). The molecule has 1 aliphatic rings. The van der Waals surface area contributed by atoms with Crippen LogP contribution >= 0.6 is 11.3 Å². The summed E-state index contributed by atoms with van der Waals surface area (Å²) in [6.07, 6.45) is 3.19. The van der Waals surface area contributed by atoms with Crippen molar-refractivity contribution in [2.45, 2.75) is 32.1 Å². The van der Waals surface area contributed by atoms with Crippen molar-refractivity contribution in [1.29, 1.82) is 0 Å². The number of carbonyl (C=O) groups is 3. The number of hydrogen-bond donors (Lipinski definition) is 3. The molecule has 154 valence electrons. The molecular weight excluding hydrogens is 393 g/mol. The fourth-order valence-corrected chi connectivity index (χ4v) is 4.13. The smallest absolute Gasteiger partial charge is 0.254 e. The first kappa shape index (κ1) is 21.0. The number of halogens is 1. The summed E-state index contributed by atoms with van der Waals surface area (Å²) in [7, 11) is 0. The largest absolute Gasteiger partial charge is 0.352 e. The Hall–Kier alpha value is -2.74. The van der Waals surface area contributed by atoms with Crippen molar-refractivity contribution in [3.63, 3.8) is 0 Å². The third-order valence-corrected chi connectivity index (χ3v) is 5.89. The lowest BCUT2D eigenvalue weighted by molar-refractivity contribution is -0.131. The van der Waals surface area contributed by atoms with Crippen molar-refractivity contribution in [3.8, 4) is 0 Å². The highest BCUT2D eigenvalue weighted by molar-refractivity contribution is 7.08. The number of amides is 3. The minimum absolute atomic E-state index is 0.0405. The SMILES string of the molecule is O=C(Cc1ccsc1)NNC(=O)C1CCC(CNC(=O)c2ccccc2F)CC1. The van der Waals surface area contributed by atoms with Gasteiger partial charge in [0.2, 0.25) is 11.8 Å². The highest BCUT2D eigenvalue weighted by Crippen LogP contribution is 2.28. The lowest BCUT2D eigenvalue weighted by atomic mass is 9.81. The molecule has 1 saturated carbocycles. The fourth-order valence-electron chi connectivity index (χ4n) is 3.46. The van der Waals surface area contributed by atoms with E-state index in [0.717, 1.165) is 18.4 Å². The second-order valence-electron chi connectivity index (χ2n) is 7.25. The second kappa shape index (κ2) is 10.2. The first-order valence-electron chi connectivity index (χ1n) is 9.65. The van der Waals surface area contributed by atoms with Crippen LogP contribution in [-0.4, -0.2) is 24.3 Å².